The fraction of sp³-hybridized carbons (Fsp3) is 0.222. The third kappa shape index (κ3) is 4.16. The largest absolute Gasteiger partial charge is 0.451 e. The van der Waals surface area contributed by atoms with Crippen molar-refractivity contribution in [3.05, 3.63) is 68.8 Å². The van der Waals surface area contributed by atoms with Gasteiger partial charge < -0.3 is 4.74 Å². The van der Waals surface area contributed by atoms with Crippen LogP contribution in [0.15, 0.2) is 48.5 Å². The Balaban J connectivity index is 2.05. The fourth-order valence-electron chi connectivity index (χ4n) is 2.04. The fourth-order valence-corrected chi connectivity index (χ4v) is 2.58. The van der Waals surface area contributed by atoms with Crippen LogP contribution in [0.4, 0.5) is 0 Å². The molecule has 0 aliphatic heterocycles. The molecule has 0 bridgehead atoms. The lowest BCUT2D eigenvalue weighted by molar-refractivity contribution is 0.0318. The van der Waals surface area contributed by atoms with E-state index in [4.69, 9.17) is 4.74 Å². The van der Waals surface area contributed by atoms with Crippen molar-refractivity contribution in [1.29, 1.82) is 0 Å². The van der Waals surface area contributed by atoms with Gasteiger partial charge in [-0.05, 0) is 59.7 Å². The second-order valence-corrected chi connectivity index (χ2v) is 6.22. The second-order valence-electron chi connectivity index (χ2n) is 4.97. The molecule has 2 aromatic carbocycles. The van der Waals surface area contributed by atoms with Crippen LogP contribution in [0.5, 0.6) is 0 Å². The molecule has 22 heavy (non-hydrogen) atoms. The van der Waals surface area contributed by atoms with Crippen LogP contribution in [0.1, 0.15) is 40.1 Å². The minimum Gasteiger partial charge on any atom is -0.451 e. The third-order valence-electron chi connectivity index (χ3n) is 3.36. The van der Waals surface area contributed by atoms with Crippen LogP contribution < -0.4 is 0 Å². The monoisotopic (exact) mass is 408 g/mol. The topological polar surface area (TPSA) is 43.4 Å². The maximum absolute atomic E-state index is 12.3. The van der Waals surface area contributed by atoms with Crippen LogP contribution in [-0.2, 0) is 11.2 Å². The molecule has 2 aromatic rings. The number of carbonyl (C=O) groups is 2. The van der Waals surface area contributed by atoms with Gasteiger partial charge in [0.05, 0.1) is 5.56 Å². The van der Waals surface area contributed by atoms with Gasteiger partial charge in [-0.25, -0.2) is 4.79 Å². The van der Waals surface area contributed by atoms with E-state index in [2.05, 4.69) is 29.5 Å². The molecule has 0 aliphatic rings. The van der Waals surface area contributed by atoms with E-state index in [1.807, 2.05) is 18.2 Å². The highest BCUT2D eigenvalue weighted by atomic mass is 127. The van der Waals surface area contributed by atoms with Gasteiger partial charge in [0.1, 0.15) is 0 Å². The summed E-state index contributed by atoms with van der Waals surface area (Å²) in [5.41, 5.74) is 2.17. The Morgan fingerprint density at radius 3 is 2.36 bits per heavy atom. The molecule has 0 spiro atoms. The maximum Gasteiger partial charge on any atom is 0.338 e. The molecule has 4 heteroatoms. The Bertz CT molecular complexity index is 677. The van der Waals surface area contributed by atoms with Gasteiger partial charge in [-0.1, -0.05) is 37.3 Å². The summed E-state index contributed by atoms with van der Waals surface area (Å²) in [5, 5.41) is 0. The van der Waals surface area contributed by atoms with Gasteiger partial charge in [0.2, 0.25) is 5.78 Å². The van der Waals surface area contributed by atoms with Crippen molar-refractivity contribution in [3.63, 3.8) is 0 Å². The quantitative estimate of drug-likeness (QED) is 0.422. The third-order valence-corrected chi connectivity index (χ3v) is 4.03. The zero-order valence-electron chi connectivity index (χ0n) is 12.5. The number of Topliss-reactive ketones (excluding diaryl/α,β-unsaturated/α-hetero) is 1. The second kappa shape index (κ2) is 7.54. The van der Waals surface area contributed by atoms with E-state index >= 15 is 0 Å². The van der Waals surface area contributed by atoms with Crippen LogP contribution in [0, 0.1) is 3.57 Å². The van der Waals surface area contributed by atoms with Gasteiger partial charge >= 0.3 is 5.97 Å². The van der Waals surface area contributed by atoms with E-state index in [0.717, 1.165) is 9.99 Å². The lowest BCUT2D eigenvalue weighted by atomic mass is 10.0. The number of hydrogen-bond acceptors (Lipinski definition) is 3. The highest BCUT2D eigenvalue weighted by Gasteiger charge is 2.20. The maximum atomic E-state index is 12.3. The van der Waals surface area contributed by atoms with Crippen LogP contribution in [0.3, 0.4) is 0 Å². The number of halogens is 1. The van der Waals surface area contributed by atoms with Crippen LogP contribution >= 0.6 is 22.6 Å². The molecule has 0 unspecified atom stereocenters. The Morgan fingerprint density at radius 2 is 1.77 bits per heavy atom. The van der Waals surface area contributed by atoms with Crippen molar-refractivity contribution < 1.29 is 14.3 Å². The first kappa shape index (κ1) is 16.7. The van der Waals surface area contributed by atoms with Crippen LogP contribution in [0.25, 0.3) is 0 Å². The lowest BCUT2D eigenvalue weighted by Gasteiger charge is -2.12. The van der Waals surface area contributed by atoms with Crippen molar-refractivity contribution in [2.45, 2.75) is 26.4 Å². The number of carbonyl (C=O) groups excluding carboxylic acids is 2. The Hall–Kier alpha value is -1.69. The van der Waals surface area contributed by atoms with Gasteiger partial charge in [-0.3, -0.25) is 4.79 Å². The number of ketones is 1. The predicted molar refractivity (Wildman–Crippen MR) is 94.2 cm³/mol. The Kier molecular flexibility index (Phi) is 5.71. The van der Waals surface area contributed by atoms with Gasteiger partial charge in [-0.2, -0.15) is 0 Å². The van der Waals surface area contributed by atoms with Crippen LogP contribution in [0.2, 0.25) is 0 Å². The zero-order valence-corrected chi connectivity index (χ0v) is 14.7. The molecule has 0 aromatic heterocycles. The molecule has 0 N–H and O–H groups in total. The average Bonchev–Trinajstić information content (AvgIpc) is 2.54. The molecule has 0 amide bonds. The average molecular weight is 408 g/mol. The smallest absolute Gasteiger partial charge is 0.338 e. The standard InChI is InChI=1S/C18H17IO3/c1-3-13-7-9-14(10-8-13)17(20)12(2)22-18(21)15-5-4-6-16(19)11-15/h4-12H,3H2,1-2H3/t12-/m1/s1. The summed E-state index contributed by atoms with van der Waals surface area (Å²) in [6.07, 6.45) is 0.115. The van der Waals surface area contributed by atoms with Crippen molar-refractivity contribution in [3.8, 4) is 0 Å². The van der Waals surface area contributed by atoms with Crippen molar-refractivity contribution >= 4 is 34.3 Å². The van der Waals surface area contributed by atoms with E-state index in [-0.39, 0.29) is 5.78 Å². The van der Waals surface area contributed by atoms with Gasteiger partial charge in [-0.15, -0.1) is 0 Å². The molecule has 0 fully saturated rings. The van der Waals surface area contributed by atoms with Gasteiger partial charge in [0.15, 0.2) is 6.10 Å². The molecule has 3 nitrogen and oxygen atoms in total. The predicted octanol–water partition coefficient (Wildman–Crippen LogP) is 4.28. The molecular formula is C18H17IO3. The summed E-state index contributed by atoms with van der Waals surface area (Å²) in [6, 6.07) is 14.5. The highest BCUT2D eigenvalue weighted by Crippen LogP contribution is 2.13. The van der Waals surface area contributed by atoms with Crippen LogP contribution in [-0.4, -0.2) is 17.9 Å². The normalized spacial score (nSPS) is 11.8. The summed E-state index contributed by atoms with van der Waals surface area (Å²) >= 11 is 2.13. The molecule has 2 rings (SSSR count). The number of rotatable bonds is 5. The molecule has 0 heterocycles. The Labute approximate surface area is 143 Å². The zero-order chi connectivity index (χ0) is 16.1. The number of benzene rings is 2. The van der Waals surface area contributed by atoms with Crippen molar-refractivity contribution in [2.75, 3.05) is 0 Å². The summed E-state index contributed by atoms with van der Waals surface area (Å²) < 4.78 is 6.22. The van der Waals surface area contributed by atoms with E-state index in [0.29, 0.717) is 11.1 Å². The molecule has 1 atom stereocenters. The Morgan fingerprint density at radius 1 is 1.09 bits per heavy atom. The van der Waals surface area contributed by atoms with Crippen molar-refractivity contribution in [1.82, 2.24) is 0 Å². The van der Waals surface area contributed by atoms with Gasteiger partial charge in [0.25, 0.3) is 0 Å². The SMILES string of the molecule is CCc1ccc(C(=O)[C@@H](C)OC(=O)c2cccc(I)c2)cc1. The number of ether oxygens (including phenoxy) is 1. The summed E-state index contributed by atoms with van der Waals surface area (Å²) in [5.74, 6) is -0.675. The van der Waals surface area contributed by atoms with E-state index in [1.54, 1.807) is 37.3 Å². The minimum atomic E-state index is -0.808. The first-order valence-electron chi connectivity index (χ1n) is 7.11. The van der Waals surface area contributed by atoms with Gasteiger partial charge in [0, 0.05) is 9.13 Å². The lowest BCUT2D eigenvalue weighted by Crippen LogP contribution is -2.24. The summed E-state index contributed by atoms with van der Waals surface area (Å²) in [4.78, 5) is 24.4. The first-order valence-corrected chi connectivity index (χ1v) is 8.19. The molecule has 0 radical (unpaired) electrons. The highest BCUT2D eigenvalue weighted by molar-refractivity contribution is 14.1. The van der Waals surface area contributed by atoms with E-state index in [1.165, 1.54) is 5.56 Å². The molecule has 114 valence electrons. The minimum absolute atomic E-state index is 0.193. The first-order chi connectivity index (χ1) is 10.5. The number of hydrogen-bond donors (Lipinski definition) is 0. The molecule has 0 saturated carbocycles. The van der Waals surface area contributed by atoms with E-state index in [9.17, 15) is 9.59 Å². The van der Waals surface area contributed by atoms with E-state index < -0.39 is 12.1 Å². The summed E-state index contributed by atoms with van der Waals surface area (Å²) in [6.45, 7) is 3.66. The molecular weight excluding hydrogens is 391 g/mol. The molecule has 0 saturated heterocycles. The summed E-state index contributed by atoms with van der Waals surface area (Å²) in [7, 11) is 0. The van der Waals surface area contributed by atoms with Crippen molar-refractivity contribution in [2.24, 2.45) is 0 Å². The number of aryl methyl sites for hydroxylation is 1. The number of esters is 1. The molecule has 0 aliphatic carbocycles.